The van der Waals surface area contributed by atoms with Crippen molar-refractivity contribution in [2.45, 2.75) is 53.2 Å². The molecule has 2 aromatic heterocycles. The minimum absolute atomic E-state index is 0.0131. The number of hydrogen-bond donors (Lipinski definition) is 1. The second-order valence-electron chi connectivity index (χ2n) is 7.24. The Morgan fingerprint density at radius 2 is 1.90 bits per heavy atom. The molecule has 0 atom stereocenters. The van der Waals surface area contributed by atoms with Crippen LogP contribution in [-0.2, 0) is 14.6 Å². The van der Waals surface area contributed by atoms with Crippen molar-refractivity contribution in [1.29, 1.82) is 0 Å². The van der Waals surface area contributed by atoms with Crippen LogP contribution in [0.3, 0.4) is 0 Å². The Labute approximate surface area is 183 Å². The topological polar surface area (TPSA) is 102 Å². The van der Waals surface area contributed by atoms with E-state index in [0.717, 1.165) is 61.7 Å². The lowest BCUT2D eigenvalue weighted by Gasteiger charge is -2.22. The summed E-state index contributed by atoms with van der Waals surface area (Å²) in [6.45, 7) is 0. The fraction of sp³-hybridized carbons (Fsp3) is 0.333. The molecule has 1 aliphatic rings. The van der Waals surface area contributed by atoms with E-state index in [1.165, 1.54) is 12.7 Å². The monoisotopic (exact) mass is 464 g/mol. The molecular formula is C21H21FN2O5S2. The highest BCUT2D eigenvalue weighted by molar-refractivity contribution is 8.00. The van der Waals surface area contributed by atoms with Crippen LogP contribution in [0.1, 0.15) is 32.1 Å². The zero-order valence-corrected chi connectivity index (χ0v) is 18.2. The maximum absolute atomic E-state index is 13.3. The third-order valence-corrected chi connectivity index (χ3v) is 7.74. The van der Waals surface area contributed by atoms with E-state index in [4.69, 9.17) is 8.83 Å². The van der Waals surface area contributed by atoms with Crippen LogP contribution in [0, 0.1) is 5.82 Å². The molecule has 1 fully saturated rings. The Hall–Kier alpha value is -2.59. The maximum Gasteiger partial charge on any atom is 0.265 e. The van der Waals surface area contributed by atoms with Crippen molar-refractivity contribution in [2.75, 3.05) is 5.75 Å². The smallest absolute Gasteiger partial charge is 0.265 e. The van der Waals surface area contributed by atoms with Crippen molar-refractivity contribution in [3.63, 3.8) is 0 Å². The Morgan fingerprint density at radius 3 is 2.58 bits per heavy atom. The molecule has 4 rings (SSSR count). The fourth-order valence-corrected chi connectivity index (χ4v) is 5.77. The van der Waals surface area contributed by atoms with E-state index in [1.54, 1.807) is 12.1 Å². The summed E-state index contributed by atoms with van der Waals surface area (Å²) in [6.07, 6.45) is 6.67. The Balaban J connectivity index is 1.58. The third kappa shape index (κ3) is 5.01. The molecule has 1 amide bonds. The number of halogens is 1. The summed E-state index contributed by atoms with van der Waals surface area (Å²) in [6, 6.07) is 7.81. The van der Waals surface area contributed by atoms with Gasteiger partial charge in [-0.15, -0.1) is 0 Å². The predicted octanol–water partition coefficient (Wildman–Crippen LogP) is 4.45. The van der Waals surface area contributed by atoms with Crippen molar-refractivity contribution in [3.8, 4) is 11.7 Å². The van der Waals surface area contributed by atoms with Gasteiger partial charge in [-0.05, 0) is 49.2 Å². The first-order valence-corrected chi connectivity index (χ1v) is 12.4. The van der Waals surface area contributed by atoms with E-state index in [2.05, 4.69) is 10.3 Å². The lowest BCUT2D eigenvalue weighted by atomic mass is 9.95. The van der Waals surface area contributed by atoms with Crippen molar-refractivity contribution < 1.29 is 26.4 Å². The van der Waals surface area contributed by atoms with Crippen LogP contribution in [0.25, 0.3) is 11.7 Å². The number of benzene rings is 1. The van der Waals surface area contributed by atoms with Gasteiger partial charge in [0.1, 0.15) is 5.82 Å². The molecule has 0 unspecified atom stereocenters. The summed E-state index contributed by atoms with van der Waals surface area (Å²) in [7, 11) is -4.10. The molecule has 2 heterocycles. The molecule has 0 bridgehead atoms. The van der Waals surface area contributed by atoms with Crippen LogP contribution in [0.4, 0.5) is 4.39 Å². The van der Waals surface area contributed by atoms with Crippen LogP contribution in [0.2, 0.25) is 0 Å². The average molecular weight is 465 g/mol. The van der Waals surface area contributed by atoms with Gasteiger partial charge in [0.15, 0.2) is 5.76 Å². The van der Waals surface area contributed by atoms with Gasteiger partial charge >= 0.3 is 0 Å². The lowest BCUT2D eigenvalue weighted by molar-refractivity contribution is -0.119. The minimum Gasteiger partial charge on any atom is -0.459 e. The van der Waals surface area contributed by atoms with Crippen LogP contribution in [-0.4, -0.2) is 31.1 Å². The minimum atomic E-state index is -4.10. The molecule has 31 heavy (non-hydrogen) atoms. The second kappa shape index (κ2) is 9.27. The lowest BCUT2D eigenvalue weighted by Crippen LogP contribution is -2.37. The van der Waals surface area contributed by atoms with Gasteiger partial charge in [-0.25, -0.2) is 12.8 Å². The molecule has 0 aliphatic heterocycles. The number of nitrogens with one attached hydrogen (secondary N) is 1. The molecule has 10 heteroatoms. The summed E-state index contributed by atoms with van der Waals surface area (Å²) >= 11 is 0.950. The largest absolute Gasteiger partial charge is 0.459 e. The van der Waals surface area contributed by atoms with E-state index in [1.807, 2.05) is 0 Å². The fourth-order valence-electron chi connectivity index (χ4n) is 3.43. The first-order valence-electron chi connectivity index (χ1n) is 9.91. The number of carbonyl (C=O) groups excluding carboxylic acids is 1. The van der Waals surface area contributed by atoms with Crippen LogP contribution in [0.15, 0.2) is 66.5 Å². The van der Waals surface area contributed by atoms with Crippen molar-refractivity contribution >= 4 is 27.5 Å². The summed E-state index contributed by atoms with van der Waals surface area (Å²) in [4.78, 5) is 16.4. The summed E-state index contributed by atoms with van der Waals surface area (Å²) in [5.74, 6) is -0.521. The summed E-state index contributed by atoms with van der Waals surface area (Å²) < 4.78 is 50.4. The molecule has 3 aromatic rings. The number of nitrogens with zero attached hydrogens (tertiary/aromatic N) is 1. The zero-order chi connectivity index (χ0) is 21.8. The molecule has 0 spiro atoms. The molecule has 1 aliphatic carbocycles. The number of furan rings is 1. The predicted molar refractivity (Wildman–Crippen MR) is 112 cm³/mol. The molecule has 0 saturated heterocycles. The molecule has 1 aromatic carbocycles. The third-order valence-electron chi connectivity index (χ3n) is 4.98. The number of carbonyl (C=O) groups is 1. The number of hydrogen-bond acceptors (Lipinski definition) is 7. The quantitative estimate of drug-likeness (QED) is 0.407. The van der Waals surface area contributed by atoms with E-state index in [0.29, 0.717) is 0 Å². The van der Waals surface area contributed by atoms with E-state index in [-0.39, 0.29) is 44.4 Å². The van der Waals surface area contributed by atoms with E-state index >= 15 is 0 Å². The van der Waals surface area contributed by atoms with Gasteiger partial charge in [0.2, 0.25) is 25.9 Å². The van der Waals surface area contributed by atoms with Gasteiger partial charge in [-0.3, -0.25) is 4.79 Å². The first-order chi connectivity index (χ1) is 14.9. The van der Waals surface area contributed by atoms with Gasteiger partial charge < -0.3 is 14.2 Å². The number of sulfone groups is 1. The molecular weight excluding hydrogens is 443 g/mol. The van der Waals surface area contributed by atoms with Crippen LogP contribution >= 0.6 is 11.8 Å². The number of rotatable bonds is 7. The summed E-state index contributed by atoms with van der Waals surface area (Å²) in [5, 5.41) is 2.64. The highest BCUT2D eigenvalue weighted by atomic mass is 32.2. The zero-order valence-electron chi connectivity index (χ0n) is 16.5. The Bertz CT molecular complexity index is 1140. The summed E-state index contributed by atoms with van der Waals surface area (Å²) in [5.41, 5.74) is 0. The number of thioether (sulfide) groups is 1. The normalized spacial score (nSPS) is 15.1. The molecule has 0 radical (unpaired) electrons. The number of oxazole rings is 1. The van der Waals surface area contributed by atoms with Crippen molar-refractivity contribution in [1.82, 2.24) is 10.3 Å². The second-order valence-corrected chi connectivity index (χ2v) is 10.1. The number of aromatic nitrogens is 1. The van der Waals surface area contributed by atoms with Gasteiger partial charge in [-0.1, -0.05) is 31.0 Å². The van der Waals surface area contributed by atoms with Crippen LogP contribution in [0.5, 0.6) is 0 Å². The molecule has 164 valence electrons. The molecule has 1 N–H and O–H groups in total. The highest BCUT2D eigenvalue weighted by Gasteiger charge is 2.30. The van der Waals surface area contributed by atoms with Crippen molar-refractivity contribution in [3.05, 3.63) is 48.5 Å². The van der Waals surface area contributed by atoms with Crippen LogP contribution < -0.4 is 5.32 Å². The van der Waals surface area contributed by atoms with E-state index in [9.17, 15) is 17.6 Å². The molecule has 1 saturated carbocycles. The van der Waals surface area contributed by atoms with E-state index < -0.39 is 15.7 Å². The van der Waals surface area contributed by atoms with Gasteiger partial charge in [0.05, 0.1) is 16.9 Å². The van der Waals surface area contributed by atoms with Gasteiger partial charge in [-0.2, -0.15) is 4.98 Å². The SMILES string of the molecule is O=C(CSc1oc(-c2ccco2)nc1S(=O)(=O)c1ccc(F)cc1)NC1CCCCC1. The Kier molecular flexibility index (Phi) is 6.47. The number of amides is 1. The first kappa shape index (κ1) is 21.6. The standard InChI is InChI=1S/C21H21FN2O5S2/c22-14-8-10-16(11-9-14)31(26,27)20-21(29-19(24-20)17-7-4-12-28-17)30-13-18(25)23-15-5-2-1-3-6-15/h4,7-12,15H,1-3,5-6,13H2,(H,23,25). The average Bonchev–Trinajstić information content (AvgIpc) is 3.43. The van der Waals surface area contributed by atoms with Gasteiger partial charge in [0.25, 0.3) is 5.89 Å². The Morgan fingerprint density at radius 1 is 1.16 bits per heavy atom. The molecule has 7 nitrogen and oxygen atoms in total. The van der Waals surface area contributed by atoms with Gasteiger partial charge in [0, 0.05) is 6.04 Å². The maximum atomic E-state index is 13.3. The van der Waals surface area contributed by atoms with Crippen molar-refractivity contribution in [2.24, 2.45) is 0 Å². The highest BCUT2D eigenvalue weighted by Crippen LogP contribution is 2.35.